The van der Waals surface area contributed by atoms with Crippen LogP contribution in [0.4, 0.5) is 5.69 Å². The van der Waals surface area contributed by atoms with Crippen molar-refractivity contribution in [3.8, 4) is 0 Å². The van der Waals surface area contributed by atoms with Gasteiger partial charge in [-0.2, -0.15) is 0 Å². The third-order valence-electron chi connectivity index (χ3n) is 6.04. The van der Waals surface area contributed by atoms with Crippen LogP contribution in [-0.4, -0.2) is 50.8 Å². The van der Waals surface area contributed by atoms with Crippen molar-refractivity contribution in [3.05, 3.63) is 23.8 Å². The summed E-state index contributed by atoms with van der Waals surface area (Å²) < 4.78 is 27.7. The van der Waals surface area contributed by atoms with E-state index in [0.717, 1.165) is 50.0 Å². The van der Waals surface area contributed by atoms with Gasteiger partial charge in [-0.25, -0.2) is 13.1 Å². The van der Waals surface area contributed by atoms with Crippen LogP contribution in [0.5, 0.6) is 0 Å². The molecule has 1 N–H and O–H groups in total. The number of anilines is 1. The Labute approximate surface area is 179 Å². The Bertz CT molecular complexity index is 876. The molecule has 0 radical (unpaired) electrons. The van der Waals surface area contributed by atoms with Crippen molar-refractivity contribution in [3.63, 3.8) is 0 Å². The SMILES string of the molecule is CC[C@H](C)NS(=O)(=O)c1ccc2c(c1)CCN2C(=O)CCC(=O)N1CCCCCC1. The topological polar surface area (TPSA) is 86.8 Å². The summed E-state index contributed by atoms with van der Waals surface area (Å²) in [7, 11) is -3.57. The summed E-state index contributed by atoms with van der Waals surface area (Å²) in [5.74, 6) is -0.0208. The molecule has 0 unspecified atom stereocenters. The van der Waals surface area contributed by atoms with E-state index in [2.05, 4.69) is 4.72 Å². The van der Waals surface area contributed by atoms with Gasteiger partial charge in [-0.1, -0.05) is 19.8 Å². The molecule has 1 atom stereocenters. The van der Waals surface area contributed by atoms with Crippen molar-refractivity contribution in [2.45, 2.75) is 76.2 Å². The Morgan fingerprint density at radius 1 is 1.03 bits per heavy atom. The first-order valence-corrected chi connectivity index (χ1v) is 12.5. The van der Waals surface area contributed by atoms with Crippen molar-refractivity contribution in [1.82, 2.24) is 9.62 Å². The predicted octanol–water partition coefficient (Wildman–Crippen LogP) is 2.84. The molecular weight excluding hydrogens is 402 g/mol. The number of carbonyl (C=O) groups excluding carboxylic acids is 2. The smallest absolute Gasteiger partial charge is 0.240 e. The average molecular weight is 436 g/mol. The second kappa shape index (κ2) is 9.92. The van der Waals surface area contributed by atoms with Gasteiger partial charge < -0.3 is 9.80 Å². The lowest BCUT2D eigenvalue weighted by atomic mass is 10.2. The predicted molar refractivity (Wildman–Crippen MR) is 117 cm³/mol. The number of amides is 2. The van der Waals surface area contributed by atoms with Crippen LogP contribution in [0, 0.1) is 0 Å². The Morgan fingerprint density at radius 3 is 2.37 bits per heavy atom. The molecule has 0 aliphatic carbocycles. The van der Waals surface area contributed by atoms with Gasteiger partial charge in [0.05, 0.1) is 4.90 Å². The number of benzene rings is 1. The second-order valence-corrected chi connectivity index (χ2v) is 10.0. The fourth-order valence-electron chi connectivity index (χ4n) is 4.05. The molecule has 30 heavy (non-hydrogen) atoms. The lowest BCUT2D eigenvalue weighted by molar-refractivity contribution is -0.133. The summed E-state index contributed by atoms with van der Waals surface area (Å²) >= 11 is 0. The highest BCUT2D eigenvalue weighted by molar-refractivity contribution is 7.89. The van der Waals surface area contributed by atoms with Gasteiger partial charge in [0.2, 0.25) is 21.8 Å². The molecule has 2 aliphatic rings. The van der Waals surface area contributed by atoms with E-state index in [0.29, 0.717) is 19.4 Å². The van der Waals surface area contributed by atoms with Crippen LogP contribution in [0.2, 0.25) is 0 Å². The Kier molecular flexibility index (Phi) is 7.52. The van der Waals surface area contributed by atoms with Crippen LogP contribution in [0.3, 0.4) is 0 Å². The van der Waals surface area contributed by atoms with Crippen molar-refractivity contribution in [2.24, 2.45) is 0 Å². The molecule has 2 aliphatic heterocycles. The summed E-state index contributed by atoms with van der Waals surface area (Å²) in [5, 5.41) is 0. The van der Waals surface area contributed by atoms with Crippen LogP contribution in [0.1, 0.15) is 64.4 Å². The zero-order valence-corrected chi connectivity index (χ0v) is 18.8. The fraction of sp³-hybridized carbons (Fsp3) is 0.636. The van der Waals surface area contributed by atoms with Crippen molar-refractivity contribution in [2.75, 3.05) is 24.5 Å². The first kappa shape index (κ1) is 22.7. The molecule has 0 spiro atoms. The highest BCUT2D eigenvalue weighted by Crippen LogP contribution is 2.31. The quantitative estimate of drug-likeness (QED) is 0.713. The first-order valence-electron chi connectivity index (χ1n) is 11.0. The molecule has 1 fully saturated rings. The summed E-state index contributed by atoms with van der Waals surface area (Å²) in [6.45, 7) is 5.87. The standard InChI is InChI=1S/C22H33N3O4S/c1-3-17(2)23-30(28,29)19-8-9-20-18(16-19)12-15-25(20)22(27)11-10-21(26)24-13-6-4-5-7-14-24/h8-9,16-17,23H,3-7,10-15H2,1-2H3/t17-/m0/s1. The lowest BCUT2D eigenvalue weighted by Crippen LogP contribution is -2.34. The first-order chi connectivity index (χ1) is 14.3. The van der Waals surface area contributed by atoms with Gasteiger partial charge in [-0.3, -0.25) is 9.59 Å². The summed E-state index contributed by atoms with van der Waals surface area (Å²) in [4.78, 5) is 29.0. The number of nitrogens with one attached hydrogen (secondary N) is 1. The average Bonchev–Trinajstić information content (AvgIpc) is 2.96. The third kappa shape index (κ3) is 5.40. The molecule has 3 rings (SSSR count). The Morgan fingerprint density at radius 2 is 1.70 bits per heavy atom. The van der Waals surface area contributed by atoms with Gasteiger partial charge in [-0.05, 0) is 56.4 Å². The molecule has 0 aromatic heterocycles. The van der Waals surface area contributed by atoms with E-state index in [9.17, 15) is 18.0 Å². The van der Waals surface area contributed by atoms with Gasteiger partial charge in [0, 0.05) is 44.2 Å². The van der Waals surface area contributed by atoms with E-state index in [1.54, 1.807) is 23.1 Å². The normalized spacial score (nSPS) is 18.1. The molecule has 2 heterocycles. The van der Waals surface area contributed by atoms with Gasteiger partial charge in [0.1, 0.15) is 0 Å². The largest absolute Gasteiger partial charge is 0.343 e. The van der Waals surface area contributed by atoms with Crippen LogP contribution < -0.4 is 9.62 Å². The third-order valence-corrected chi connectivity index (χ3v) is 7.63. The van der Waals surface area contributed by atoms with Crippen LogP contribution in [-0.2, 0) is 26.0 Å². The minimum absolute atomic E-state index is 0.0576. The van der Waals surface area contributed by atoms with Crippen LogP contribution in [0.25, 0.3) is 0 Å². The lowest BCUT2D eigenvalue weighted by Gasteiger charge is -2.21. The second-order valence-electron chi connectivity index (χ2n) is 8.31. The monoisotopic (exact) mass is 435 g/mol. The molecule has 1 saturated heterocycles. The van der Waals surface area contributed by atoms with Crippen molar-refractivity contribution in [1.29, 1.82) is 0 Å². The molecule has 8 heteroatoms. The van der Waals surface area contributed by atoms with E-state index in [1.807, 2.05) is 18.7 Å². The van der Waals surface area contributed by atoms with Crippen molar-refractivity contribution < 1.29 is 18.0 Å². The number of hydrogen-bond acceptors (Lipinski definition) is 4. The summed E-state index contributed by atoms with van der Waals surface area (Å²) in [6.07, 6.45) is 6.15. The molecule has 166 valence electrons. The van der Waals surface area contributed by atoms with E-state index in [-0.39, 0.29) is 35.6 Å². The van der Waals surface area contributed by atoms with Gasteiger partial charge in [0.15, 0.2) is 0 Å². The number of carbonyl (C=O) groups is 2. The van der Waals surface area contributed by atoms with Gasteiger partial charge >= 0.3 is 0 Å². The van der Waals surface area contributed by atoms with Crippen LogP contribution in [0.15, 0.2) is 23.1 Å². The molecule has 1 aromatic rings. The molecule has 0 bridgehead atoms. The van der Waals surface area contributed by atoms with Gasteiger partial charge in [0.25, 0.3) is 0 Å². The maximum absolute atomic E-state index is 12.8. The maximum Gasteiger partial charge on any atom is 0.240 e. The number of fused-ring (bicyclic) bond motifs is 1. The van der Waals surface area contributed by atoms with E-state index in [1.165, 1.54) is 0 Å². The molecule has 1 aromatic carbocycles. The number of hydrogen-bond donors (Lipinski definition) is 1. The molecule has 7 nitrogen and oxygen atoms in total. The highest BCUT2D eigenvalue weighted by Gasteiger charge is 2.27. The van der Waals surface area contributed by atoms with Crippen LogP contribution >= 0.6 is 0 Å². The number of likely N-dealkylation sites (tertiary alicyclic amines) is 1. The zero-order valence-electron chi connectivity index (χ0n) is 18.0. The molecular formula is C22H33N3O4S. The van der Waals surface area contributed by atoms with E-state index in [4.69, 9.17) is 0 Å². The zero-order chi connectivity index (χ0) is 21.7. The Hall–Kier alpha value is -1.93. The number of nitrogens with zero attached hydrogens (tertiary/aromatic N) is 2. The molecule has 2 amide bonds. The van der Waals surface area contributed by atoms with Crippen molar-refractivity contribution >= 4 is 27.5 Å². The minimum Gasteiger partial charge on any atom is -0.343 e. The molecule has 0 saturated carbocycles. The van der Waals surface area contributed by atoms with Gasteiger partial charge in [-0.15, -0.1) is 0 Å². The highest BCUT2D eigenvalue weighted by atomic mass is 32.2. The maximum atomic E-state index is 12.8. The fourth-order valence-corrected chi connectivity index (χ4v) is 5.42. The minimum atomic E-state index is -3.57. The summed E-state index contributed by atoms with van der Waals surface area (Å²) in [5.41, 5.74) is 1.61. The van der Waals surface area contributed by atoms with E-state index < -0.39 is 10.0 Å². The van der Waals surface area contributed by atoms with E-state index >= 15 is 0 Å². The Balaban J connectivity index is 1.62. The number of sulfonamides is 1. The number of rotatable bonds is 7. The summed E-state index contributed by atoms with van der Waals surface area (Å²) in [6, 6.07) is 4.79.